The van der Waals surface area contributed by atoms with Gasteiger partial charge in [0.15, 0.2) is 18.7 Å². The topological polar surface area (TPSA) is 124 Å². The summed E-state index contributed by atoms with van der Waals surface area (Å²) in [6.07, 6.45) is -8.70. The molecule has 1 aliphatic rings. The third kappa shape index (κ3) is 1.81. The average molecular weight is 206 g/mol. The van der Waals surface area contributed by atoms with Crippen LogP contribution in [-0.2, 0) is 14.3 Å². The van der Waals surface area contributed by atoms with Crippen molar-refractivity contribution >= 4 is 12.1 Å². The Morgan fingerprint density at radius 2 is 1.64 bits per heavy atom. The zero-order valence-electron chi connectivity index (χ0n) is 6.98. The molecular formula is C7H10O7. The normalized spacial score (nSPS) is 43.3. The van der Waals surface area contributed by atoms with Gasteiger partial charge in [-0.3, -0.25) is 9.59 Å². The Hall–Kier alpha value is -0.860. The van der Waals surface area contributed by atoms with Crippen molar-refractivity contribution in [3.63, 3.8) is 0 Å². The summed E-state index contributed by atoms with van der Waals surface area (Å²) >= 11 is 0. The van der Waals surface area contributed by atoms with Gasteiger partial charge < -0.3 is 25.2 Å². The maximum absolute atomic E-state index is 10.8. The maximum Gasteiger partial charge on any atom is 0.226 e. The lowest BCUT2D eigenvalue weighted by Crippen LogP contribution is -2.59. The van der Waals surface area contributed by atoms with Gasteiger partial charge in [-0.2, -0.15) is 0 Å². The van der Waals surface area contributed by atoms with Crippen LogP contribution in [0, 0.1) is 0 Å². The van der Waals surface area contributed by atoms with Crippen LogP contribution in [0.2, 0.25) is 0 Å². The van der Waals surface area contributed by atoms with Crippen molar-refractivity contribution in [1.82, 2.24) is 0 Å². The molecule has 0 saturated carbocycles. The van der Waals surface area contributed by atoms with Crippen molar-refractivity contribution in [3.05, 3.63) is 0 Å². The summed E-state index contributed by atoms with van der Waals surface area (Å²) in [4.78, 5) is 20.9. The smallest absolute Gasteiger partial charge is 0.226 e. The SMILES string of the molecule is O=CC(=O)C1OC(O)C(O)C(O)C1O. The van der Waals surface area contributed by atoms with Crippen LogP contribution in [0.15, 0.2) is 0 Å². The number of hydrogen-bond donors (Lipinski definition) is 4. The van der Waals surface area contributed by atoms with Gasteiger partial charge >= 0.3 is 0 Å². The Bertz CT molecular complexity index is 240. The predicted molar refractivity (Wildman–Crippen MR) is 40.0 cm³/mol. The van der Waals surface area contributed by atoms with Gasteiger partial charge in [-0.15, -0.1) is 0 Å². The zero-order valence-corrected chi connectivity index (χ0v) is 6.98. The summed E-state index contributed by atoms with van der Waals surface area (Å²) < 4.78 is 4.45. The Kier molecular flexibility index (Phi) is 3.29. The largest absolute Gasteiger partial charge is 0.387 e. The van der Waals surface area contributed by atoms with E-state index in [4.69, 9.17) is 15.3 Å². The first-order valence-corrected chi connectivity index (χ1v) is 3.85. The van der Waals surface area contributed by atoms with E-state index >= 15 is 0 Å². The molecule has 14 heavy (non-hydrogen) atoms. The van der Waals surface area contributed by atoms with Crippen LogP contribution in [0.3, 0.4) is 0 Å². The number of aliphatic hydroxyl groups excluding tert-OH is 4. The fourth-order valence-corrected chi connectivity index (χ4v) is 1.16. The number of aldehydes is 1. The molecule has 0 aromatic rings. The van der Waals surface area contributed by atoms with Crippen molar-refractivity contribution in [2.45, 2.75) is 30.7 Å². The number of aliphatic hydroxyl groups is 4. The number of ketones is 1. The van der Waals surface area contributed by atoms with Gasteiger partial charge in [0, 0.05) is 0 Å². The molecule has 7 heteroatoms. The molecule has 4 N–H and O–H groups in total. The van der Waals surface area contributed by atoms with E-state index in [-0.39, 0.29) is 6.29 Å². The van der Waals surface area contributed by atoms with Crippen LogP contribution in [-0.4, -0.2) is 63.2 Å². The van der Waals surface area contributed by atoms with E-state index in [2.05, 4.69) is 4.74 Å². The molecular weight excluding hydrogens is 196 g/mol. The summed E-state index contributed by atoms with van der Waals surface area (Å²) in [6.45, 7) is 0. The Labute approximate surface area is 78.5 Å². The number of rotatable bonds is 2. The second-order valence-corrected chi connectivity index (χ2v) is 2.94. The van der Waals surface area contributed by atoms with E-state index in [0.717, 1.165) is 0 Å². The van der Waals surface area contributed by atoms with Crippen molar-refractivity contribution < 1.29 is 34.8 Å². The Morgan fingerprint density at radius 1 is 1.07 bits per heavy atom. The van der Waals surface area contributed by atoms with Crippen molar-refractivity contribution in [3.8, 4) is 0 Å². The molecule has 80 valence electrons. The van der Waals surface area contributed by atoms with Crippen LogP contribution >= 0.6 is 0 Å². The third-order valence-electron chi connectivity index (χ3n) is 1.98. The average Bonchev–Trinajstić information content (AvgIpc) is 2.19. The van der Waals surface area contributed by atoms with Crippen LogP contribution < -0.4 is 0 Å². The van der Waals surface area contributed by atoms with Crippen LogP contribution in [0.25, 0.3) is 0 Å². The summed E-state index contributed by atoms with van der Waals surface area (Å²) in [5, 5.41) is 36.3. The molecule has 0 aliphatic carbocycles. The van der Waals surface area contributed by atoms with Gasteiger partial charge in [0.1, 0.15) is 18.3 Å². The highest BCUT2D eigenvalue weighted by atomic mass is 16.6. The van der Waals surface area contributed by atoms with Gasteiger partial charge in [0.2, 0.25) is 5.78 Å². The maximum atomic E-state index is 10.8. The van der Waals surface area contributed by atoms with Crippen LogP contribution in [0.1, 0.15) is 0 Å². The summed E-state index contributed by atoms with van der Waals surface area (Å²) in [5.41, 5.74) is 0. The monoisotopic (exact) mass is 206 g/mol. The van der Waals surface area contributed by atoms with E-state index in [0.29, 0.717) is 0 Å². The minimum absolute atomic E-state index is 0.0922. The first-order valence-electron chi connectivity index (χ1n) is 3.85. The summed E-state index contributed by atoms with van der Waals surface area (Å²) in [5.74, 6) is -1.11. The van der Waals surface area contributed by atoms with Crippen molar-refractivity contribution in [1.29, 1.82) is 0 Å². The Balaban J connectivity index is 2.80. The molecule has 1 heterocycles. The molecule has 5 atom stereocenters. The lowest BCUT2D eigenvalue weighted by Gasteiger charge is -2.36. The van der Waals surface area contributed by atoms with Gasteiger partial charge in [-0.25, -0.2) is 0 Å². The van der Waals surface area contributed by atoms with E-state index < -0.39 is 36.5 Å². The molecule has 1 rings (SSSR count). The fraction of sp³-hybridized carbons (Fsp3) is 0.714. The summed E-state index contributed by atoms with van der Waals surface area (Å²) in [6, 6.07) is 0. The highest BCUT2D eigenvalue weighted by Gasteiger charge is 2.45. The lowest BCUT2D eigenvalue weighted by molar-refractivity contribution is -0.274. The van der Waals surface area contributed by atoms with Gasteiger partial charge in [-0.05, 0) is 0 Å². The van der Waals surface area contributed by atoms with Gasteiger partial charge in [0.25, 0.3) is 0 Å². The number of hydrogen-bond acceptors (Lipinski definition) is 7. The molecule has 0 aromatic carbocycles. The molecule has 7 nitrogen and oxygen atoms in total. The molecule has 5 unspecified atom stereocenters. The second-order valence-electron chi connectivity index (χ2n) is 2.94. The van der Waals surface area contributed by atoms with Crippen LogP contribution in [0.5, 0.6) is 0 Å². The molecule has 0 spiro atoms. The highest BCUT2D eigenvalue weighted by Crippen LogP contribution is 2.19. The van der Waals surface area contributed by atoms with Crippen molar-refractivity contribution in [2.75, 3.05) is 0 Å². The number of carbonyl (C=O) groups is 2. The summed E-state index contributed by atoms with van der Waals surface area (Å²) in [7, 11) is 0. The molecule has 0 radical (unpaired) electrons. The molecule has 1 aliphatic heterocycles. The zero-order chi connectivity index (χ0) is 10.9. The minimum atomic E-state index is -1.80. The number of ether oxygens (including phenoxy) is 1. The fourth-order valence-electron chi connectivity index (χ4n) is 1.16. The number of carbonyl (C=O) groups excluding carboxylic acids is 2. The molecule has 1 saturated heterocycles. The van der Waals surface area contributed by atoms with E-state index in [1.807, 2.05) is 0 Å². The lowest BCUT2D eigenvalue weighted by atomic mass is 9.97. The minimum Gasteiger partial charge on any atom is -0.387 e. The predicted octanol–water partition coefficient (Wildman–Crippen LogP) is -3.45. The molecule has 0 aromatic heterocycles. The molecule has 0 bridgehead atoms. The quantitative estimate of drug-likeness (QED) is 0.273. The van der Waals surface area contributed by atoms with E-state index in [1.165, 1.54) is 0 Å². The first kappa shape index (κ1) is 11.2. The van der Waals surface area contributed by atoms with Crippen molar-refractivity contribution in [2.24, 2.45) is 0 Å². The van der Waals surface area contributed by atoms with E-state index in [1.54, 1.807) is 0 Å². The molecule has 1 fully saturated rings. The van der Waals surface area contributed by atoms with Gasteiger partial charge in [0.05, 0.1) is 0 Å². The van der Waals surface area contributed by atoms with Gasteiger partial charge in [-0.1, -0.05) is 0 Å². The molecule has 0 amide bonds. The third-order valence-corrected chi connectivity index (χ3v) is 1.98. The second kappa shape index (κ2) is 4.11. The Morgan fingerprint density at radius 3 is 2.14 bits per heavy atom. The van der Waals surface area contributed by atoms with Crippen LogP contribution in [0.4, 0.5) is 0 Å². The first-order chi connectivity index (χ1) is 6.49. The standard InChI is InChI=1S/C7H10O7/c8-1-2(9)6-4(11)3(10)5(12)7(13)14-6/h1,3-7,10-13H. The number of Topliss-reactive ketones (excluding diaryl/α,β-unsaturated/α-hetero) is 1. The highest BCUT2D eigenvalue weighted by molar-refractivity contribution is 6.27. The van der Waals surface area contributed by atoms with E-state index in [9.17, 15) is 14.7 Å².